The lowest BCUT2D eigenvalue weighted by Gasteiger charge is -2.23. The van der Waals surface area contributed by atoms with Crippen molar-refractivity contribution in [3.8, 4) is 0 Å². The van der Waals surface area contributed by atoms with E-state index >= 15 is 0 Å². The van der Waals surface area contributed by atoms with Gasteiger partial charge >= 0.3 is 0 Å². The number of rotatable bonds is 13. The highest BCUT2D eigenvalue weighted by Gasteiger charge is 2.31. The van der Waals surface area contributed by atoms with E-state index in [4.69, 9.17) is 0 Å². The first-order valence-corrected chi connectivity index (χ1v) is 13.9. The Bertz CT molecular complexity index is 1120. The summed E-state index contributed by atoms with van der Waals surface area (Å²) in [7, 11) is -3.73. The molecular weight excluding hydrogens is 432 g/mol. The van der Waals surface area contributed by atoms with Crippen molar-refractivity contribution in [1.82, 2.24) is 9.30 Å². The van der Waals surface area contributed by atoms with E-state index in [-0.39, 0.29) is 12.2 Å². The largest absolute Gasteiger partial charge is 0.322 e. The smallest absolute Gasteiger partial charge is 0.208 e. The van der Waals surface area contributed by atoms with Crippen molar-refractivity contribution < 1.29 is 13.2 Å². The summed E-state index contributed by atoms with van der Waals surface area (Å²) in [5, 5.41) is 0. The first-order valence-electron chi connectivity index (χ1n) is 12.4. The van der Waals surface area contributed by atoms with E-state index in [0.717, 1.165) is 31.6 Å². The van der Waals surface area contributed by atoms with Crippen LogP contribution in [0, 0.1) is 0 Å². The lowest BCUT2D eigenvalue weighted by atomic mass is 10.0. The summed E-state index contributed by atoms with van der Waals surface area (Å²) in [6.45, 7) is 9.46. The Kier molecular flexibility index (Phi) is 9.10. The molecule has 180 valence electrons. The number of aryl methyl sites for hydroxylation is 1. The second-order valence-corrected chi connectivity index (χ2v) is 10.7. The highest BCUT2D eigenvalue weighted by molar-refractivity contribution is 7.95. The van der Waals surface area contributed by atoms with Gasteiger partial charge in [0.25, 0.3) is 0 Å². The number of hydrogen-bond acceptors (Lipinski definition) is 4. The molecule has 2 aromatic rings. The molecule has 1 aliphatic rings. The fourth-order valence-electron chi connectivity index (χ4n) is 4.54. The predicted molar refractivity (Wildman–Crippen MR) is 135 cm³/mol. The van der Waals surface area contributed by atoms with Gasteiger partial charge in [-0.05, 0) is 81.1 Å². The Hall–Kier alpha value is -2.18. The SMILES string of the molecule is CCCCN(CCCC)CCCC1=CC(=O)CC=C1S(=O)(=O)c1c(CC)cn2ccccc12. The van der Waals surface area contributed by atoms with Crippen LogP contribution >= 0.6 is 0 Å². The number of allylic oxidation sites excluding steroid dienone is 3. The Morgan fingerprint density at radius 1 is 1.00 bits per heavy atom. The third-order valence-corrected chi connectivity index (χ3v) is 8.38. The fraction of sp³-hybridized carbons (Fsp3) is 0.519. The summed E-state index contributed by atoms with van der Waals surface area (Å²) in [5.74, 6) is -0.0183. The number of unbranched alkanes of at least 4 members (excludes halogenated alkanes) is 2. The molecule has 0 amide bonds. The summed E-state index contributed by atoms with van der Waals surface area (Å²) < 4.78 is 29.7. The number of aromatic nitrogens is 1. The molecular formula is C27H38N2O3S. The minimum atomic E-state index is -3.73. The van der Waals surface area contributed by atoms with Gasteiger partial charge in [0.1, 0.15) is 4.90 Å². The molecule has 0 spiro atoms. The maximum absolute atomic E-state index is 13.9. The van der Waals surface area contributed by atoms with Gasteiger partial charge in [0.2, 0.25) is 9.84 Å². The molecule has 0 fully saturated rings. The zero-order valence-electron chi connectivity index (χ0n) is 20.3. The van der Waals surface area contributed by atoms with Gasteiger partial charge in [0.05, 0.1) is 10.4 Å². The fourth-order valence-corrected chi connectivity index (χ4v) is 6.56. The summed E-state index contributed by atoms with van der Waals surface area (Å²) in [4.78, 5) is 15.4. The molecule has 0 saturated heterocycles. The quantitative estimate of drug-likeness (QED) is 0.374. The Morgan fingerprint density at radius 3 is 2.36 bits per heavy atom. The molecule has 5 nitrogen and oxygen atoms in total. The molecule has 0 aliphatic heterocycles. The van der Waals surface area contributed by atoms with E-state index < -0.39 is 9.84 Å². The topological polar surface area (TPSA) is 58.9 Å². The summed E-state index contributed by atoms with van der Waals surface area (Å²) >= 11 is 0. The third-order valence-electron chi connectivity index (χ3n) is 6.36. The van der Waals surface area contributed by atoms with Gasteiger partial charge in [-0.2, -0.15) is 0 Å². The van der Waals surface area contributed by atoms with Crippen LogP contribution in [0.2, 0.25) is 0 Å². The highest BCUT2D eigenvalue weighted by atomic mass is 32.2. The molecule has 2 heterocycles. The van der Waals surface area contributed by atoms with Gasteiger partial charge in [0.15, 0.2) is 5.78 Å². The van der Waals surface area contributed by atoms with Gasteiger partial charge in [0, 0.05) is 18.8 Å². The van der Waals surface area contributed by atoms with Crippen LogP contribution < -0.4 is 0 Å². The Balaban J connectivity index is 1.84. The minimum absolute atomic E-state index is 0.0183. The third kappa shape index (κ3) is 6.04. The molecule has 0 bridgehead atoms. The molecule has 3 rings (SSSR count). The molecule has 33 heavy (non-hydrogen) atoms. The Labute approximate surface area is 199 Å². The molecule has 0 radical (unpaired) electrons. The van der Waals surface area contributed by atoms with Crippen LogP contribution in [0.1, 0.15) is 71.3 Å². The normalized spacial score (nSPS) is 14.7. The average molecular weight is 471 g/mol. The van der Waals surface area contributed by atoms with Crippen LogP contribution in [-0.2, 0) is 21.1 Å². The van der Waals surface area contributed by atoms with E-state index in [2.05, 4.69) is 18.7 Å². The molecule has 2 aromatic heterocycles. The number of nitrogens with zero attached hydrogens (tertiary/aromatic N) is 2. The van der Waals surface area contributed by atoms with E-state index in [0.29, 0.717) is 33.7 Å². The number of pyridine rings is 1. The summed E-state index contributed by atoms with van der Waals surface area (Å²) in [6, 6.07) is 5.61. The van der Waals surface area contributed by atoms with E-state index in [9.17, 15) is 13.2 Å². The summed E-state index contributed by atoms with van der Waals surface area (Å²) in [6.07, 6.45) is 13.9. The molecule has 6 heteroatoms. The van der Waals surface area contributed by atoms with Crippen LogP contribution in [0.3, 0.4) is 0 Å². The molecule has 1 aliphatic carbocycles. The van der Waals surface area contributed by atoms with Gasteiger partial charge in [-0.25, -0.2) is 8.42 Å². The zero-order chi connectivity index (χ0) is 23.8. The standard InChI is InChI=1S/C27H38N2O3S/c1-4-7-16-28(17-8-5-2)18-11-12-23-20-24(30)14-15-26(23)33(31,32)27-22(6-3)21-29-19-10-9-13-25(27)29/h9-10,13,15,19-21H,4-8,11-12,14,16-18H2,1-3H3. The first-order chi connectivity index (χ1) is 15.9. The molecule has 0 atom stereocenters. The van der Waals surface area contributed by atoms with Crippen LogP contribution in [0.15, 0.2) is 58.1 Å². The number of carbonyl (C=O) groups excluding carboxylic acids is 1. The van der Waals surface area contributed by atoms with Crippen molar-refractivity contribution >= 4 is 21.1 Å². The van der Waals surface area contributed by atoms with Crippen molar-refractivity contribution in [2.75, 3.05) is 19.6 Å². The number of sulfone groups is 1. The van der Waals surface area contributed by atoms with Crippen molar-refractivity contribution in [3.63, 3.8) is 0 Å². The van der Waals surface area contributed by atoms with E-state index in [1.165, 1.54) is 25.7 Å². The maximum atomic E-state index is 13.9. The van der Waals surface area contributed by atoms with Gasteiger partial charge in [-0.3, -0.25) is 4.79 Å². The lowest BCUT2D eigenvalue weighted by Crippen LogP contribution is -2.27. The van der Waals surface area contributed by atoms with Crippen LogP contribution in [0.5, 0.6) is 0 Å². The zero-order valence-corrected chi connectivity index (χ0v) is 21.2. The average Bonchev–Trinajstić information content (AvgIpc) is 3.20. The Morgan fingerprint density at radius 2 is 1.70 bits per heavy atom. The number of hydrogen-bond donors (Lipinski definition) is 0. The minimum Gasteiger partial charge on any atom is -0.322 e. The second-order valence-electron chi connectivity index (χ2n) is 8.89. The van der Waals surface area contributed by atoms with Crippen LogP contribution in [0.25, 0.3) is 5.52 Å². The van der Waals surface area contributed by atoms with Crippen molar-refractivity contribution in [1.29, 1.82) is 0 Å². The second kappa shape index (κ2) is 11.8. The van der Waals surface area contributed by atoms with Crippen LogP contribution in [-0.4, -0.2) is 43.1 Å². The summed E-state index contributed by atoms with van der Waals surface area (Å²) in [5.41, 5.74) is 2.16. The first kappa shape index (κ1) is 25.4. The lowest BCUT2D eigenvalue weighted by molar-refractivity contribution is -0.114. The van der Waals surface area contributed by atoms with Gasteiger partial charge in [-0.15, -0.1) is 0 Å². The van der Waals surface area contributed by atoms with E-state index in [1.807, 2.05) is 41.9 Å². The monoisotopic (exact) mass is 470 g/mol. The predicted octanol–water partition coefficient (Wildman–Crippen LogP) is 5.74. The van der Waals surface area contributed by atoms with Crippen molar-refractivity contribution in [2.24, 2.45) is 0 Å². The van der Waals surface area contributed by atoms with Crippen molar-refractivity contribution in [2.45, 2.75) is 77.0 Å². The van der Waals surface area contributed by atoms with Gasteiger partial charge < -0.3 is 9.30 Å². The maximum Gasteiger partial charge on any atom is 0.208 e. The van der Waals surface area contributed by atoms with E-state index in [1.54, 1.807) is 12.2 Å². The number of fused-ring (bicyclic) bond motifs is 1. The molecule has 0 aromatic carbocycles. The molecule has 0 unspecified atom stereocenters. The molecule has 0 saturated carbocycles. The number of carbonyl (C=O) groups is 1. The highest BCUT2D eigenvalue weighted by Crippen LogP contribution is 2.35. The molecule has 0 N–H and O–H groups in total. The number of ketones is 1. The van der Waals surface area contributed by atoms with Gasteiger partial charge in [-0.1, -0.05) is 45.8 Å². The van der Waals surface area contributed by atoms with Crippen LogP contribution in [0.4, 0.5) is 0 Å². The van der Waals surface area contributed by atoms with Crippen molar-refractivity contribution in [3.05, 3.63) is 58.8 Å².